The predicted molar refractivity (Wildman–Crippen MR) is 118 cm³/mol. The number of rotatable bonds is 8. The number of nitrogens with zero attached hydrogens (tertiary/aromatic N) is 2. The summed E-state index contributed by atoms with van der Waals surface area (Å²) in [5.74, 6) is -0.956. The lowest BCUT2D eigenvalue weighted by Crippen LogP contribution is -2.42. The van der Waals surface area contributed by atoms with E-state index in [1.165, 1.54) is 11.3 Å². The van der Waals surface area contributed by atoms with Crippen LogP contribution in [0.25, 0.3) is 0 Å². The first kappa shape index (κ1) is 22.4. The zero-order chi connectivity index (χ0) is 22.5. The Balaban J connectivity index is 1.95. The maximum Gasteiger partial charge on any atom is 0.355 e. The van der Waals surface area contributed by atoms with Crippen molar-refractivity contribution in [2.24, 2.45) is 0 Å². The number of pyridine rings is 1. The number of carbonyl (C=O) groups excluding carboxylic acids is 3. The van der Waals surface area contributed by atoms with Gasteiger partial charge in [0.05, 0.1) is 17.5 Å². The molecule has 1 atom stereocenters. The Morgan fingerprint density at radius 1 is 1.19 bits per heavy atom. The zero-order valence-corrected chi connectivity index (χ0v) is 18.8. The van der Waals surface area contributed by atoms with E-state index in [0.717, 1.165) is 5.56 Å². The summed E-state index contributed by atoms with van der Waals surface area (Å²) in [7, 11) is 0. The predicted octanol–water partition coefficient (Wildman–Crippen LogP) is 4.18. The third-order valence-corrected chi connectivity index (χ3v) is 5.96. The second-order valence-corrected chi connectivity index (χ2v) is 8.10. The molecule has 0 fully saturated rings. The Bertz CT molecular complexity index is 1070. The SMILES string of the molecule is CCOC(=O)c1[nH]c(C)c(C(=O)C(C)N(Cc2ccncc2)C(=O)c2cccs2)c1C. The lowest BCUT2D eigenvalue weighted by atomic mass is 9.99. The van der Waals surface area contributed by atoms with Gasteiger partial charge in [0.1, 0.15) is 5.69 Å². The summed E-state index contributed by atoms with van der Waals surface area (Å²) >= 11 is 1.33. The molecule has 3 rings (SSSR count). The number of hydrogen-bond donors (Lipinski definition) is 1. The summed E-state index contributed by atoms with van der Waals surface area (Å²) in [6, 6.07) is 6.44. The van der Waals surface area contributed by atoms with Crippen LogP contribution in [-0.4, -0.2) is 45.2 Å². The summed E-state index contributed by atoms with van der Waals surface area (Å²) in [6.07, 6.45) is 3.31. The number of ketones is 1. The summed E-state index contributed by atoms with van der Waals surface area (Å²) < 4.78 is 5.08. The number of hydrogen-bond acceptors (Lipinski definition) is 6. The highest BCUT2D eigenvalue weighted by molar-refractivity contribution is 7.12. The van der Waals surface area contributed by atoms with Crippen LogP contribution < -0.4 is 0 Å². The van der Waals surface area contributed by atoms with E-state index in [1.807, 2.05) is 17.5 Å². The molecule has 0 aliphatic rings. The Kier molecular flexibility index (Phi) is 7.02. The normalized spacial score (nSPS) is 11.7. The minimum atomic E-state index is -0.744. The van der Waals surface area contributed by atoms with Crippen molar-refractivity contribution in [3.63, 3.8) is 0 Å². The van der Waals surface area contributed by atoms with E-state index < -0.39 is 12.0 Å². The number of esters is 1. The number of carbonyl (C=O) groups is 3. The Morgan fingerprint density at radius 3 is 2.52 bits per heavy atom. The maximum absolute atomic E-state index is 13.5. The minimum Gasteiger partial charge on any atom is -0.461 e. The topological polar surface area (TPSA) is 92.4 Å². The number of ether oxygens (including phenoxy) is 1. The maximum atomic E-state index is 13.5. The number of H-pyrrole nitrogens is 1. The highest BCUT2D eigenvalue weighted by Gasteiger charge is 2.32. The summed E-state index contributed by atoms with van der Waals surface area (Å²) in [6.45, 7) is 7.40. The van der Waals surface area contributed by atoms with Crippen LogP contribution >= 0.6 is 11.3 Å². The van der Waals surface area contributed by atoms with Gasteiger partial charge in [-0.15, -0.1) is 11.3 Å². The first-order valence-electron chi connectivity index (χ1n) is 9.99. The standard InChI is InChI=1S/C23H25N3O4S/c1-5-30-23(29)20-14(2)19(15(3)25-20)21(27)16(4)26(13-17-8-10-24-11-9-17)22(28)18-7-6-12-31-18/h6-12,16,25H,5,13H2,1-4H3. The first-order valence-corrected chi connectivity index (χ1v) is 10.9. The van der Waals surface area contributed by atoms with Gasteiger partial charge in [-0.25, -0.2) is 4.79 Å². The quantitative estimate of drug-likeness (QED) is 0.420. The van der Waals surface area contributed by atoms with Gasteiger partial charge in [0.15, 0.2) is 5.78 Å². The molecule has 0 aromatic carbocycles. The molecule has 1 amide bonds. The number of nitrogens with one attached hydrogen (secondary N) is 1. The van der Waals surface area contributed by atoms with Gasteiger partial charge in [0.25, 0.3) is 5.91 Å². The van der Waals surface area contributed by atoms with Gasteiger partial charge in [-0.3, -0.25) is 14.6 Å². The van der Waals surface area contributed by atoms with Crippen molar-refractivity contribution in [3.05, 3.63) is 75.0 Å². The molecule has 1 N–H and O–H groups in total. The Morgan fingerprint density at radius 2 is 1.90 bits per heavy atom. The van der Waals surface area contributed by atoms with Crippen molar-refractivity contribution in [2.75, 3.05) is 6.61 Å². The average Bonchev–Trinajstić information content (AvgIpc) is 3.40. The number of Topliss-reactive ketones (excluding diaryl/α,β-unsaturated/α-hetero) is 1. The van der Waals surface area contributed by atoms with Crippen LogP contribution in [0.15, 0.2) is 42.0 Å². The molecule has 0 radical (unpaired) electrons. The lowest BCUT2D eigenvalue weighted by Gasteiger charge is -2.28. The highest BCUT2D eigenvalue weighted by atomic mass is 32.1. The minimum absolute atomic E-state index is 0.218. The van der Waals surface area contributed by atoms with Gasteiger partial charge in [-0.2, -0.15) is 0 Å². The van der Waals surface area contributed by atoms with Crippen LogP contribution in [0.2, 0.25) is 0 Å². The smallest absolute Gasteiger partial charge is 0.355 e. The van der Waals surface area contributed by atoms with E-state index in [-0.39, 0.29) is 30.5 Å². The number of amides is 1. The van der Waals surface area contributed by atoms with E-state index >= 15 is 0 Å². The van der Waals surface area contributed by atoms with E-state index in [4.69, 9.17) is 4.74 Å². The fourth-order valence-electron chi connectivity index (χ4n) is 3.49. The summed E-state index contributed by atoms with van der Waals surface area (Å²) in [5.41, 5.74) is 2.65. The Labute approximate surface area is 185 Å². The molecule has 0 saturated heterocycles. The molecule has 3 aromatic heterocycles. The summed E-state index contributed by atoms with van der Waals surface area (Å²) in [5, 5.41) is 1.83. The molecule has 0 spiro atoms. The highest BCUT2D eigenvalue weighted by Crippen LogP contribution is 2.24. The average molecular weight is 440 g/mol. The van der Waals surface area contributed by atoms with Gasteiger partial charge in [-0.1, -0.05) is 6.07 Å². The van der Waals surface area contributed by atoms with Crippen molar-refractivity contribution in [1.29, 1.82) is 0 Å². The molecule has 1 unspecified atom stereocenters. The van der Waals surface area contributed by atoms with Crippen molar-refractivity contribution >= 4 is 29.0 Å². The van der Waals surface area contributed by atoms with Crippen molar-refractivity contribution in [3.8, 4) is 0 Å². The molecule has 0 bridgehead atoms. The van der Waals surface area contributed by atoms with Gasteiger partial charge in [-0.05, 0) is 62.4 Å². The molecule has 7 nitrogen and oxygen atoms in total. The molecule has 31 heavy (non-hydrogen) atoms. The van der Waals surface area contributed by atoms with Crippen LogP contribution in [-0.2, 0) is 11.3 Å². The molecule has 3 aromatic rings. The molecule has 162 valence electrons. The van der Waals surface area contributed by atoms with Crippen molar-refractivity contribution in [1.82, 2.24) is 14.9 Å². The Hall–Kier alpha value is -3.26. The van der Waals surface area contributed by atoms with Crippen LogP contribution in [0.1, 0.15) is 61.2 Å². The number of aromatic nitrogens is 2. The van der Waals surface area contributed by atoms with Gasteiger partial charge in [0, 0.05) is 30.2 Å². The second kappa shape index (κ2) is 9.70. The van der Waals surface area contributed by atoms with E-state index in [9.17, 15) is 14.4 Å². The van der Waals surface area contributed by atoms with Gasteiger partial charge in [0.2, 0.25) is 0 Å². The van der Waals surface area contributed by atoms with Crippen LogP contribution in [0, 0.1) is 13.8 Å². The third-order valence-electron chi connectivity index (χ3n) is 5.11. The second-order valence-electron chi connectivity index (χ2n) is 7.15. The monoisotopic (exact) mass is 439 g/mol. The van der Waals surface area contributed by atoms with Crippen LogP contribution in [0.5, 0.6) is 0 Å². The van der Waals surface area contributed by atoms with Gasteiger partial charge < -0.3 is 14.6 Å². The molecule has 0 saturated carbocycles. The first-order chi connectivity index (χ1) is 14.8. The largest absolute Gasteiger partial charge is 0.461 e. The van der Waals surface area contributed by atoms with E-state index in [2.05, 4.69) is 9.97 Å². The summed E-state index contributed by atoms with van der Waals surface area (Å²) in [4.78, 5) is 48.1. The zero-order valence-electron chi connectivity index (χ0n) is 18.0. The molecule has 0 aliphatic carbocycles. The lowest BCUT2D eigenvalue weighted by molar-refractivity contribution is 0.0518. The van der Waals surface area contributed by atoms with Crippen molar-refractivity contribution < 1.29 is 19.1 Å². The third kappa shape index (κ3) is 4.74. The number of thiophene rings is 1. The molecular formula is C23H25N3O4S. The fourth-order valence-corrected chi connectivity index (χ4v) is 4.17. The fraction of sp³-hybridized carbons (Fsp3) is 0.304. The van der Waals surface area contributed by atoms with Gasteiger partial charge >= 0.3 is 5.97 Å². The molecule has 3 heterocycles. The molecule has 8 heteroatoms. The van der Waals surface area contributed by atoms with Crippen LogP contribution in [0.4, 0.5) is 0 Å². The van der Waals surface area contributed by atoms with E-state index in [0.29, 0.717) is 21.7 Å². The van der Waals surface area contributed by atoms with E-state index in [1.54, 1.807) is 57.1 Å². The van der Waals surface area contributed by atoms with Crippen LogP contribution in [0.3, 0.4) is 0 Å². The van der Waals surface area contributed by atoms with Crippen molar-refractivity contribution in [2.45, 2.75) is 40.3 Å². The number of aromatic amines is 1. The molecular weight excluding hydrogens is 414 g/mol. The number of aryl methyl sites for hydroxylation is 1. The molecule has 0 aliphatic heterocycles.